The van der Waals surface area contributed by atoms with Crippen LogP contribution in [0, 0.1) is 12.9 Å². The van der Waals surface area contributed by atoms with Gasteiger partial charge >= 0.3 is 0 Å². The summed E-state index contributed by atoms with van der Waals surface area (Å²) in [5.74, 6) is 0.599. The van der Waals surface area contributed by atoms with Crippen molar-refractivity contribution in [1.29, 1.82) is 0 Å². The van der Waals surface area contributed by atoms with Gasteiger partial charge in [-0.25, -0.2) is 4.98 Å². The van der Waals surface area contributed by atoms with Crippen LogP contribution >= 0.6 is 0 Å². The molecule has 0 amide bonds. The summed E-state index contributed by atoms with van der Waals surface area (Å²) in [6.07, 6.45) is 1.86. The Labute approximate surface area is 480 Å². The van der Waals surface area contributed by atoms with Crippen molar-refractivity contribution in [2.24, 2.45) is 0 Å². The number of imidazole rings is 1. The number of aryl methyl sites for hydroxylation is 1. The molecule has 2 aromatic heterocycles. The summed E-state index contributed by atoms with van der Waals surface area (Å²) in [4.78, 5) is 10.7. The number of nitrogens with zero attached hydrogens (tertiary/aromatic N) is 3. The number of hydrogen-bond donors (Lipinski definition) is 1. The molecule has 1 N–H and O–H groups in total. The molecular formula is C73H66N3OPt-. The van der Waals surface area contributed by atoms with E-state index in [0.29, 0.717) is 28.2 Å². The predicted molar refractivity (Wildman–Crippen MR) is 324 cm³/mol. The van der Waals surface area contributed by atoms with Gasteiger partial charge in [0.2, 0.25) is 0 Å². The molecule has 0 atom stereocenters. The van der Waals surface area contributed by atoms with Crippen LogP contribution in [0.5, 0.6) is 5.75 Å². The van der Waals surface area contributed by atoms with Gasteiger partial charge in [-0.15, -0.1) is 23.8 Å². The molecule has 0 spiro atoms. The number of hydrogen-bond acceptors (Lipinski definition) is 3. The van der Waals surface area contributed by atoms with Crippen LogP contribution in [-0.4, -0.2) is 19.6 Å². The number of aromatic hydroxyl groups is 1. The van der Waals surface area contributed by atoms with Gasteiger partial charge in [0.25, 0.3) is 0 Å². The minimum absolute atomic E-state index is 0. The van der Waals surface area contributed by atoms with Crippen molar-refractivity contribution in [1.82, 2.24) is 14.5 Å². The van der Waals surface area contributed by atoms with Gasteiger partial charge in [0, 0.05) is 48.2 Å². The Kier molecular flexibility index (Phi) is 13.5. The maximum Gasteiger partial charge on any atom is 0.148 e. The number of phenols is 1. The molecule has 2 heterocycles. The van der Waals surface area contributed by atoms with Gasteiger partial charge < -0.3 is 5.11 Å². The summed E-state index contributed by atoms with van der Waals surface area (Å²) in [5, 5.41) is 12.9. The fraction of sp³-hybridized carbons (Fsp3) is 0.178. The van der Waals surface area contributed by atoms with E-state index in [1.165, 1.54) is 11.1 Å². The molecule has 11 aromatic rings. The van der Waals surface area contributed by atoms with E-state index in [9.17, 15) is 5.11 Å². The molecule has 5 heteroatoms. The second kappa shape index (κ2) is 21.1. The third-order valence-corrected chi connectivity index (χ3v) is 14.9. The van der Waals surface area contributed by atoms with Crippen LogP contribution in [0.15, 0.2) is 212 Å². The zero-order valence-electron chi connectivity index (χ0n) is 48.8. The Bertz CT molecular complexity index is 4070. The monoisotopic (exact) mass is 1200 g/mol. The Morgan fingerprint density at radius 2 is 1.00 bits per heavy atom. The molecule has 0 unspecified atom stereocenters. The Morgan fingerprint density at radius 1 is 0.449 bits per heavy atom. The normalized spacial score (nSPS) is 12.7. The molecule has 0 saturated heterocycles. The molecule has 0 fully saturated rings. The zero-order chi connectivity index (χ0) is 56.3. The summed E-state index contributed by atoms with van der Waals surface area (Å²) >= 11 is 0. The third-order valence-electron chi connectivity index (χ3n) is 14.9. The zero-order valence-corrected chi connectivity index (χ0v) is 48.1. The molecule has 0 radical (unpaired) electrons. The quantitative estimate of drug-likeness (QED) is 0.147. The van der Waals surface area contributed by atoms with Gasteiger partial charge in [0.05, 0.1) is 22.3 Å². The summed E-state index contributed by atoms with van der Waals surface area (Å²) in [6, 6.07) is 74.3. The molecule has 0 aliphatic heterocycles. The molecule has 9 aromatic carbocycles. The predicted octanol–water partition coefficient (Wildman–Crippen LogP) is 19.5. The minimum atomic E-state index is -2.51. The first-order valence-corrected chi connectivity index (χ1v) is 26.6. The van der Waals surface area contributed by atoms with Gasteiger partial charge in [-0.2, -0.15) is 0 Å². The van der Waals surface area contributed by atoms with Crippen molar-refractivity contribution >= 4 is 11.0 Å². The van der Waals surface area contributed by atoms with E-state index in [2.05, 4.69) is 194 Å². The average Bonchev–Trinajstić information content (AvgIpc) is 3.96. The van der Waals surface area contributed by atoms with Crippen LogP contribution in [0.1, 0.15) is 88.7 Å². The van der Waals surface area contributed by atoms with Crippen LogP contribution in [0.3, 0.4) is 0 Å². The van der Waals surface area contributed by atoms with Gasteiger partial charge in [-0.1, -0.05) is 243 Å². The number of rotatable bonds is 9. The first-order valence-electron chi connectivity index (χ1n) is 28.1. The topological polar surface area (TPSA) is 50.9 Å². The van der Waals surface area contributed by atoms with Crippen LogP contribution < -0.4 is 0 Å². The SMILES string of the molecule is [2H]C([2H])([2H])c1cc(-n2c(-c3cc(C(C)(C)C)cc(C(C)(C)C)c3O)nc3c(-c4[c-]c(-c5cc(-c6ccc(-c7ccccc7)cc6)ccn5)cc(-c5ccccc5)c4)cccc32)c(-c2ccc(C(C)(C)C)cc2)cc1-c1ccccc1.[Pt]. The number of fused-ring (bicyclic) bond motifs is 1. The fourth-order valence-electron chi connectivity index (χ4n) is 10.5. The van der Waals surface area contributed by atoms with Crippen LogP contribution in [-0.2, 0) is 37.3 Å². The number of pyridine rings is 1. The molecule has 78 heavy (non-hydrogen) atoms. The van der Waals surface area contributed by atoms with E-state index >= 15 is 0 Å². The van der Waals surface area contributed by atoms with Gasteiger partial charge in [-0.3, -0.25) is 9.55 Å². The van der Waals surface area contributed by atoms with Gasteiger partial charge in [0.15, 0.2) is 0 Å². The molecular weight excluding hydrogens is 1130 g/mol. The number of benzene rings is 9. The average molecular weight is 1200 g/mol. The summed E-state index contributed by atoms with van der Waals surface area (Å²) in [5.41, 5.74) is 17.6. The number of para-hydroxylation sites is 1. The maximum atomic E-state index is 12.9. The molecule has 0 aliphatic carbocycles. The maximum absolute atomic E-state index is 12.9. The minimum Gasteiger partial charge on any atom is -0.507 e. The fourth-order valence-corrected chi connectivity index (χ4v) is 10.5. The van der Waals surface area contributed by atoms with E-state index in [4.69, 9.17) is 14.1 Å². The van der Waals surface area contributed by atoms with E-state index in [1.807, 2.05) is 91.1 Å². The standard InChI is InChI=1S/C73H66N3O.Pt/c1-47-39-67(62(46-61(47)52-25-18-13-19-26-52)53-33-35-58(36-34-53)71(2,3)4)76-66-28-20-27-60(68(66)75-70(76)63-44-59(72(5,6)7)45-64(69(63)77)73(8,9)10)56-40-55(49-23-16-12-17-24-49)41-57(42-56)65-43-54(37-38-74-65)51-31-29-50(30-32-51)48-21-14-11-15-22-48;/h11-41,43-46,77H,1-10H3;/q-1;/i1D3;. The molecule has 0 bridgehead atoms. The Morgan fingerprint density at radius 3 is 1.60 bits per heavy atom. The number of aromatic nitrogens is 3. The van der Waals surface area contributed by atoms with Crippen molar-refractivity contribution < 1.29 is 30.3 Å². The smallest absolute Gasteiger partial charge is 0.148 e. The molecule has 4 nitrogen and oxygen atoms in total. The van der Waals surface area contributed by atoms with E-state index in [-0.39, 0.29) is 43.2 Å². The second-order valence-corrected chi connectivity index (χ2v) is 23.4. The largest absolute Gasteiger partial charge is 0.507 e. The Balaban J connectivity index is 0.00000736. The van der Waals surface area contributed by atoms with Crippen molar-refractivity contribution in [3.05, 3.63) is 241 Å². The second-order valence-electron chi connectivity index (χ2n) is 23.4. The van der Waals surface area contributed by atoms with Gasteiger partial charge in [-0.05, 0) is 115 Å². The first-order chi connectivity index (χ1) is 38.1. The van der Waals surface area contributed by atoms with Crippen molar-refractivity contribution in [2.45, 2.75) is 85.4 Å². The molecule has 390 valence electrons. The van der Waals surface area contributed by atoms with Crippen LogP contribution in [0.4, 0.5) is 0 Å². The first kappa shape index (κ1) is 49.6. The van der Waals surface area contributed by atoms with Crippen LogP contribution in [0.2, 0.25) is 0 Å². The van der Waals surface area contributed by atoms with E-state index in [0.717, 1.165) is 83.5 Å². The molecule has 0 saturated carbocycles. The van der Waals surface area contributed by atoms with Gasteiger partial charge in [0.1, 0.15) is 11.6 Å². The van der Waals surface area contributed by atoms with Crippen LogP contribution in [0.25, 0.3) is 106 Å². The summed E-state index contributed by atoms with van der Waals surface area (Å²) < 4.78 is 29.6. The van der Waals surface area contributed by atoms with Crippen molar-refractivity contribution in [3.63, 3.8) is 0 Å². The Hall–Kier alpha value is -7.91. The molecule has 11 rings (SSSR count). The summed E-state index contributed by atoms with van der Waals surface area (Å²) in [7, 11) is 0. The molecule has 0 aliphatic rings. The third kappa shape index (κ3) is 10.6. The number of phenolic OH excluding ortho intramolecular Hbond substituents is 1. The van der Waals surface area contributed by atoms with Crippen molar-refractivity contribution in [2.75, 3.05) is 0 Å². The van der Waals surface area contributed by atoms with E-state index in [1.54, 1.807) is 0 Å². The van der Waals surface area contributed by atoms with E-state index < -0.39 is 12.3 Å². The van der Waals surface area contributed by atoms with Crippen molar-refractivity contribution in [3.8, 4) is 101 Å². The summed E-state index contributed by atoms with van der Waals surface area (Å²) in [6.45, 7) is 17.0.